The predicted octanol–water partition coefficient (Wildman–Crippen LogP) is 2.48. The number of rotatable bonds is 2. The average Bonchev–Trinajstić information content (AvgIpc) is 2.58. The molecule has 2 aliphatic heterocycles. The van der Waals surface area contributed by atoms with E-state index in [9.17, 15) is 10.1 Å². The van der Waals surface area contributed by atoms with Crippen LogP contribution in [0.5, 0.6) is 0 Å². The third-order valence-corrected chi connectivity index (χ3v) is 4.49. The number of morpholine rings is 1. The Labute approximate surface area is 143 Å². The van der Waals surface area contributed by atoms with Crippen molar-refractivity contribution in [3.8, 4) is 6.07 Å². The van der Waals surface area contributed by atoms with Gasteiger partial charge in [-0.2, -0.15) is 5.26 Å². The van der Waals surface area contributed by atoms with Crippen molar-refractivity contribution in [2.45, 2.75) is 38.9 Å². The van der Waals surface area contributed by atoms with Gasteiger partial charge in [-0.15, -0.1) is 0 Å². The molecule has 0 aromatic heterocycles. The van der Waals surface area contributed by atoms with Gasteiger partial charge < -0.3 is 14.5 Å². The second-order valence-corrected chi connectivity index (χ2v) is 6.55. The Hall–Kier alpha value is -2.32. The number of para-hydroxylation sites is 1. The molecule has 1 amide bonds. The van der Waals surface area contributed by atoms with Crippen molar-refractivity contribution in [2.24, 2.45) is 0 Å². The van der Waals surface area contributed by atoms with Gasteiger partial charge >= 0.3 is 0 Å². The zero-order valence-electron chi connectivity index (χ0n) is 14.2. The molecule has 0 radical (unpaired) electrons. The summed E-state index contributed by atoms with van der Waals surface area (Å²) in [4.78, 5) is 16.5. The number of hydrogen-bond acceptors (Lipinski definition) is 4. The Bertz CT molecular complexity index is 682. The predicted molar refractivity (Wildman–Crippen MR) is 92.4 cm³/mol. The molecule has 0 aliphatic carbocycles. The number of carbonyl (C=O) groups excluding carboxylic acids is 1. The maximum Gasteiger partial charge on any atom is 0.266 e. The van der Waals surface area contributed by atoms with Gasteiger partial charge in [-0.05, 0) is 38.3 Å². The number of nitrogens with zero attached hydrogens (tertiary/aromatic N) is 3. The normalized spacial score (nSPS) is 24.3. The van der Waals surface area contributed by atoms with E-state index in [0.717, 1.165) is 25.1 Å². The zero-order chi connectivity index (χ0) is 17.1. The number of anilines is 1. The standard InChI is InChI=1S/C19H23N3O2/c1-14-11-22(12-15(2)24-14)19(23)17(10-20)13-21-9-5-7-16-6-3-4-8-18(16)21/h3-4,6,8,13-15H,5,7,9,11-12H2,1-2H3/b17-13-. The first-order valence-corrected chi connectivity index (χ1v) is 8.49. The van der Waals surface area contributed by atoms with Crippen LogP contribution in [0, 0.1) is 11.3 Å². The lowest BCUT2D eigenvalue weighted by molar-refractivity contribution is -0.138. The van der Waals surface area contributed by atoms with E-state index in [1.807, 2.05) is 36.9 Å². The highest BCUT2D eigenvalue weighted by atomic mass is 16.5. The molecule has 24 heavy (non-hydrogen) atoms. The Morgan fingerprint density at radius 1 is 1.29 bits per heavy atom. The van der Waals surface area contributed by atoms with Crippen LogP contribution in [0.15, 0.2) is 36.0 Å². The first kappa shape index (κ1) is 16.5. The molecule has 1 fully saturated rings. The molecule has 1 saturated heterocycles. The van der Waals surface area contributed by atoms with Crippen LogP contribution in [-0.4, -0.2) is 42.6 Å². The van der Waals surface area contributed by atoms with Crippen LogP contribution in [0.25, 0.3) is 0 Å². The number of fused-ring (bicyclic) bond motifs is 1. The van der Waals surface area contributed by atoms with E-state index in [-0.39, 0.29) is 23.7 Å². The highest BCUT2D eigenvalue weighted by Gasteiger charge is 2.28. The van der Waals surface area contributed by atoms with Crippen LogP contribution >= 0.6 is 0 Å². The summed E-state index contributed by atoms with van der Waals surface area (Å²) in [5.74, 6) is -0.206. The van der Waals surface area contributed by atoms with Gasteiger partial charge in [0.15, 0.2) is 0 Å². The summed E-state index contributed by atoms with van der Waals surface area (Å²) in [6, 6.07) is 10.3. The number of benzene rings is 1. The zero-order valence-corrected chi connectivity index (χ0v) is 14.2. The number of aryl methyl sites for hydroxylation is 1. The highest BCUT2D eigenvalue weighted by Crippen LogP contribution is 2.27. The third-order valence-electron chi connectivity index (χ3n) is 4.49. The fraction of sp³-hybridized carbons (Fsp3) is 0.474. The topological polar surface area (TPSA) is 56.6 Å². The molecule has 2 atom stereocenters. The van der Waals surface area contributed by atoms with Gasteiger partial charge in [0, 0.05) is 31.5 Å². The summed E-state index contributed by atoms with van der Waals surface area (Å²) < 4.78 is 5.67. The second-order valence-electron chi connectivity index (χ2n) is 6.55. The number of nitriles is 1. The van der Waals surface area contributed by atoms with E-state index < -0.39 is 0 Å². The van der Waals surface area contributed by atoms with Crippen LogP contribution in [0.4, 0.5) is 5.69 Å². The smallest absolute Gasteiger partial charge is 0.266 e. The van der Waals surface area contributed by atoms with Crippen molar-refractivity contribution in [2.75, 3.05) is 24.5 Å². The number of carbonyl (C=O) groups is 1. The van der Waals surface area contributed by atoms with Crippen LogP contribution in [0.1, 0.15) is 25.8 Å². The van der Waals surface area contributed by atoms with Gasteiger partial charge in [0.1, 0.15) is 11.6 Å². The fourth-order valence-electron chi connectivity index (χ4n) is 3.50. The number of amides is 1. The molecule has 5 heteroatoms. The Balaban J connectivity index is 1.83. The van der Waals surface area contributed by atoms with E-state index in [1.54, 1.807) is 11.1 Å². The molecule has 5 nitrogen and oxygen atoms in total. The SMILES string of the molecule is CC1CN(C(=O)/C(C#N)=C\N2CCCc3ccccc32)CC(C)O1. The van der Waals surface area contributed by atoms with Gasteiger partial charge in [-0.1, -0.05) is 18.2 Å². The van der Waals surface area contributed by atoms with Crippen LogP contribution in [0.2, 0.25) is 0 Å². The molecule has 2 unspecified atom stereocenters. The van der Waals surface area contributed by atoms with E-state index in [4.69, 9.17) is 4.74 Å². The molecule has 0 spiro atoms. The Kier molecular flexibility index (Phi) is 4.86. The summed E-state index contributed by atoms with van der Waals surface area (Å²) in [7, 11) is 0. The Morgan fingerprint density at radius 2 is 2.00 bits per heavy atom. The van der Waals surface area contributed by atoms with E-state index in [2.05, 4.69) is 12.1 Å². The number of hydrogen-bond donors (Lipinski definition) is 0. The Morgan fingerprint density at radius 3 is 2.71 bits per heavy atom. The van der Waals surface area contributed by atoms with Gasteiger partial charge in [0.25, 0.3) is 5.91 Å². The van der Waals surface area contributed by atoms with Crippen molar-refractivity contribution in [1.82, 2.24) is 4.90 Å². The first-order valence-electron chi connectivity index (χ1n) is 8.49. The molecule has 0 bridgehead atoms. The summed E-state index contributed by atoms with van der Waals surface area (Å²) in [6.07, 6.45) is 3.76. The van der Waals surface area contributed by atoms with E-state index in [1.165, 1.54) is 5.56 Å². The largest absolute Gasteiger partial charge is 0.372 e. The summed E-state index contributed by atoms with van der Waals surface area (Å²) >= 11 is 0. The van der Waals surface area contributed by atoms with E-state index in [0.29, 0.717) is 13.1 Å². The lowest BCUT2D eigenvalue weighted by Gasteiger charge is -2.35. The first-order chi connectivity index (χ1) is 11.6. The van der Waals surface area contributed by atoms with Crippen molar-refractivity contribution in [3.63, 3.8) is 0 Å². The van der Waals surface area contributed by atoms with Crippen molar-refractivity contribution >= 4 is 11.6 Å². The summed E-state index contributed by atoms with van der Waals surface area (Å²) in [6.45, 7) is 5.78. The van der Waals surface area contributed by atoms with Crippen molar-refractivity contribution in [1.29, 1.82) is 5.26 Å². The van der Waals surface area contributed by atoms with Gasteiger partial charge in [-0.25, -0.2) is 0 Å². The van der Waals surface area contributed by atoms with Crippen LogP contribution in [-0.2, 0) is 16.0 Å². The van der Waals surface area contributed by atoms with Gasteiger partial charge in [-0.3, -0.25) is 4.79 Å². The lowest BCUT2D eigenvalue weighted by Crippen LogP contribution is -2.48. The van der Waals surface area contributed by atoms with Crippen LogP contribution in [0.3, 0.4) is 0 Å². The van der Waals surface area contributed by atoms with Gasteiger partial charge in [0.2, 0.25) is 0 Å². The van der Waals surface area contributed by atoms with E-state index >= 15 is 0 Å². The quantitative estimate of drug-likeness (QED) is 0.619. The summed E-state index contributed by atoms with van der Waals surface area (Å²) in [5, 5.41) is 9.51. The molecular formula is C19H23N3O2. The molecular weight excluding hydrogens is 302 g/mol. The molecule has 1 aromatic carbocycles. The molecule has 1 aromatic rings. The molecule has 0 saturated carbocycles. The minimum Gasteiger partial charge on any atom is -0.372 e. The third kappa shape index (κ3) is 3.44. The number of ether oxygens (including phenoxy) is 1. The fourth-order valence-corrected chi connectivity index (χ4v) is 3.50. The molecule has 2 heterocycles. The van der Waals surface area contributed by atoms with Crippen molar-refractivity contribution in [3.05, 3.63) is 41.6 Å². The maximum atomic E-state index is 12.8. The maximum absolute atomic E-state index is 12.8. The molecule has 0 N–H and O–H groups in total. The van der Waals surface area contributed by atoms with Crippen LogP contribution < -0.4 is 4.90 Å². The monoisotopic (exact) mass is 325 g/mol. The second kappa shape index (κ2) is 7.06. The van der Waals surface area contributed by atoms with Crippen molar-refractivity contribution < 1.29 is 9.53 Å². The summed E-state index contributed by atoms with van der Waals surface area (Å²) in [5.41, 5.74) is 2.54. The lowest BCUT2D eigenvalue weighted by atomic mass is 10.0. The molecule has 126 valence electrons. The molecule has 3 rings (SSSR count). The van der Waals surface area contributed by atoms with Gasteiger partial charge in [0.05, 0.1) is 12.2 Å². The average molecular weight is 325 g/mol. The molecule has 2 aliphatic rings. The highest BCUT2D eigenvalue weighted by molar-refractivity contribution is 5.97. The minimum atomic E-state index is -0.206. The minimum absolute atomic E-state index is 0.00615.